The van der Waals surface area contributed by atoms with Crippen LogP contribution in [0.25, 0.3) is 0 Å². The average molecular weight is 206 g/mol. The van der Waals surface area contributed by atoms with Gasteiger partial charge in [0.15, 0.2) is 0 Å². The highest BCUT2D eigenvalue weighted by Crippen LogP contribution is 2.22. The lowest BCUT2D eigenvalue weighted by Crippen LogP contribution is -1.98. The van der Waals surface area contributed by atoms with Crippen LogP contribution in [0.3, 0.4) is 0 Å². The minimum atomic E-state index is 0.700. The van der Waals surface area contributed by atoms with Gasteiger partial charge in [-0.2, -0.15) is 0 Å². The normalized spacial score (nSPS) is 15.2. The lowest BCUT2D eigenvalue weighted by atomic mass is 9.92. The van der Waals surface area contributed by atoms with E-state index in [0.29, 0.717) is 5.92 Å². The van der Waals surface area contributed by atoms with E-state index in [0.717, 1.165) is 19.3 Å². The highest BCUT2D eigenvalue weighted by molar-refractivity contribution is 5.24. The summed E-state index contributed by atoms with van der Waals surface area (Å²) in [6.07, 6.45) is 11.2. The fourth-order valence-corrected chi connectivity index (χ4v) is 1.62. The molecule has 0 aromatic rings. The van der Waals surface area contributed by atoms with Crippen LogP contribution in [0.1, 0.15) is 53.4 Å². The molecule has 0 saturated heterocycles. The van der Waals surface area contributed by atoms with Crippen molar-refractivity contribution in [1.29, 1.82) is 0 Å². The molecule has 0 N–H and O–H groups in total. The van der Waals surface area contributed by atoms with Crippen molar-refractivity contribution in [2.75, 3.05) is 0 Å². The van der Waals surface area contributed by atoms with Crippen molar-refractivity contribution >= 4 is 0 Å². The van der Waals surface area contributed by atoms with Gasteiger partial charge in [0, 0.05) is 0 Å². The Morgan fingerprint density at radius 3 is 2.40 bits per heavy atom. The van der Waals surface area contributed by atoms with E-state index in [2.05, 4.69) is 46.4 Å². The predicted octanol–water partition coefficient (Wildman–Crippen LogP) is 5.28. The van der Waals surface area contributed by atoms with Crippen LogP contribution in [0.5, 0.6) is 0 Å². The zero-order valence-electron chi connectivity index (χ0n) is 10.8. The lowest BCUT2D eigenvalue weighted by molar-refractivity contribution is 0.623. The third-order valence-electron chi connectivity index (χ3n) is 3.03. The van der Waals surface area contributed by atoms with Crippen LogP contribution in [0, 0.1) is 5.92 Å². The topological polar surface area (TPSA) is 0 Å². The molecular weight excluding hydrogens is 180 g/mol. The van der Waals surface area contributed by atoms with Crippen LogP contribution < -0.4 is 0 Å². The van der Waals surface area contributed by atoms with Gasteiger partial charge in [0.05, 0.1) is 0 Å². The SMILES string of the molecule is C=CCC/C(=C\C(=C\C)CC)C(C)CC. The molecule has 0 spiro atoms. The molecule has 1 atom stereocenters. The molecule has 0 saturated carbocycles. The van der Waals surface area contributed by atoms with Gasteiger partial charge in [-0.1, -0.05) is 50.1 Å². The molecule has 0 radical (unpaired) electrons. The van der Waals surface area contributed by atoms with E-state index in [9.17, 15) is 0 Å². The quantitative estimate of drug-likeness (QED) is 0.392. The summed E-state index contributed by atoms with van der Waals surface area (Å²) in [6.45, 7) is 12.7. The minimum absolute atomic E-state index is 0.700. The Morgan fingerprint density at radius 1 is 1.33 bits per heavy atom. The van der Waals surface area contributed by atoms with Gasteiger partial charge < -0.3 is 0 Å². The van der Waals surface area contributed by atoms with Crippen molar-refractivity contribution in [2.45, 2.75) is 53.4 Å². The number of hydrogen-bond donors (Lipinski definition) is 0. The third kappa shape index (κ3) is 5.61. The van der Waals surface area contributed by atoms with Crippen molar-refractivity contribution in [3.63, 3.8) is 0 Å². The second-order valence-corrected chi connectivity index (χ2v) is 4.07. The van der Waals surface area contributed by atoms with Crippen molar-refractivity contribution in [3.8, 4) is 0 Å². The maximum Gasteiger partial charge on any atom is -0.0231 e. The Morgan fingerprint density at radius 2 is 2.00 bits per heavy atom. The van der Waals surface area contributed by atoms with Gasteiger partial charge in [0.1, 0.15) is 0 Å². The molecule has 0 aromatic carbocycles. The maximum atomic E-state index is 3.80. The molecule has 0 aliphatic heterocycles. The van der Waals surface area contributed by atoms with Gasteiger partial charge >= 0.3 is 0 Å². The molecule has 0 aliphatic rings. The second-order valence-electron chi connectivity index (χ2n) is 4.07. The van der Waals surface area contributed by atoms with Crippen LogP contribution in [-0.2, 0) is 0 Å². The van der Waals surface area contributed by atoms with Gasteiger partial charge in [-0.05, 0) is 38.5 Å². The summed E-state index contributed by atoms with van der Waals surface area (Å²) in [5.74, 6) is 0.700. The molecule has 0 rings (SSSR count). The van der Waals surface area contributed by atoms with Gasteiger partial charge in [-0.25, -0.2) is 0 Å². The number of rotatable bonds is 7. The van der Waals surface area contributed by atoms with Crippen LogP contribution in [0.2, 0.25) is 0 Å². The van der Waals surface area contributed by atoms with E-state index in [1.165, 1.54) is 12.0 Å². The first-order chi connectivity index (χ1) is 7.19. The van der Waals surface area contributed by atoms with Crippen LogP contribution in [0.15, 0.2) is 36.0 Å². The van der Waals surface area contributed by atoms with Gasteiger partial charge in [0.2, 0.25) is 0 Å². The van der Waals surface area contributed by atoms with E-state index in [4.69, 9.17) is 0 Å². The molecule has 0 amide bonds. The zero-order chi connectivity index (χ0) is 11.7. The summed E-state index contributed by atoms with van der Waals surface area (Å²) in [5.41, 5.74) is 3.03. The summed E-state index contributed by atoms with van der Waals surface area (Å²) < 4.78 is 0. The number of allylic oxidation sites excluding steroid dienone is 5. The van der Waals surface area contributed by atoms with Crippen LogP contribution >= 0.6 is 0 Å². The molecule has 0 nitrogen and oxygen atoms in total. The Balaban J connectivity index is 4.66. The van der Waals surface area contributed by atoms with Crippen molar-refractivity contribution in [3.05, 3.63) is 36.0 Å². The first-order valence-electron chi connectivity index (χ1n) is 6.16. The summed E-state index contributed by atoms with van der Waals surface area (Å²) in [5, 5.41) is 0. The second kappa shape index (κ2) is 8.52. The van der Waals surface area contributed by atoms with Crippen LogP contribution in [-0.4, -0.2) is 0 Å². The predicted molar refractivity (Wildman–Crippen MR) is 71.0 cm³/mol. The Bertz CT molecular complexity index is 230. The van der Waals surface area contributed by atoms with E-state index in [1.54, 1.807) is 5.57 Å². The highest BCUT2D eigenvalue weighted by Gasteiger charge is 2.06. The smallest absolute Gasteiger partial charge is 0.0231 e. The molecule has 0 bridgehead atoms. The summed E-state index contributed by atoms with van der Waals surface area (Å²) in [4.78, 5) is 0. The molecular formula is C15H26. The van der Waals surface area contributed by atoms with E-state index in [1.807, 2.05) is 6.08 Å². The molecule has 0 fully saturated rings. The Kier molecular flexibility index (Phi) is 8.08. The van der Waals surface area contributed by atoms with Gasteiger partial charge in [-0.3, -0.25) is 0 Å². The first kappa shape index (κ1) is 14.2. The lowest BCUT2D eigenvalue weighted by Gasteiger charge is -2.14. The van der Waals surface area contributed by atoms with E-state index >= 15 is 0 Å². The van der Waals surface area contributed by atoms with Crippen molar-refractivity contribution < 1.29 is 0 Å². The van der Waals surface area contributed by atoms with Crippen LogP contribution in [0.4, 0.5) is 0 Å². The Labute approximate surface area is 95.8 Å². The standard InChI is InChI=1S/C15H26/c1-6-10-11-15(13(5)7-2)12-14(8-3)9-4/h6,8,12-13H,1,7,9-11H2,2-5H3/b14-8+,15-12+. The molecule has 0 heterocycles. The maximum absolute atomic E-state index is 3.80. The largest absolute Gasteiger partial charge is 0.103 e. The molecule has 1 unspecified atom stereocenters. The molecule has 0 heteroatoms. The summed E-state index contributed by atoms with van der Waals surface area (Å²) >= 11 is 0. The zero-order valence-corrected chi connectivity index (χ0v) is 10.8. The monoisotopic (exact) mass is 206 g/mol. The van der Waals surface area contributed by atoms with Crippen molar-refractivity contribution in [2.24, 2.45) is 5.92 Å². The van der Waals surface area contributed by atoms with Gasteiger partial charge in [0.25, 0.3) is 0 Å². The fraction of sp³-hybridized carbons (Fsp3) is 0.600. The molecule has 0 aliphatic carbocycles. The number of hydrogen-bond acceptors (Lipinski definition) is 0. The fourth-order valence-electron chi connectivity index (χ4n) is 1.62. The van der Waals surface area contributed by atoms with Crippen molar-refractivity contribution in [1.82, 2.24) is 0 Å². The molecule has 0 aromatic heterocycles. The van der Waals surface area contributed by atoms with Gasteiger partial charge in [-0.15, -0.1) is 6.58 Å². The van der Waals surface area contributed by atoms with E-state index in [-0.39, 0.29) is 0 Å². The third-order valence-corrected chi connectivity index (χ3v) is 3.03. The molecule has 86 valence electrons. The van der Waals surface area contributed by atoms with E-state index < -0.39 is 0 Å². The highest BCUT2D eigenvalue weighted by atomic mass is 14.1. The summed E-state index contributed by atoms with van der Waals surface area (Å²) in [6, 6.07) is 0. The first-order valence-corrected chi connectivity index (χ1v) is 6.16. The summed E-state index contributed by atoms with van der Waals surface area (Å²) in [7, 11) is 0. The minimum Gasteiger partial charge on any atom is -0.103 e. The Hall–Kier alpha value is -0.780. The molecule has 15 heavy (non-hydrogen) atoms. The average Bonchev–Trinajstić information content (AvgIpc) is 2.28.